The van der Waals surface area contributed by atoms with Gasteiger partial charge in [0.1, 0.15) is 0 Å². The molecule has 0 saturated carbocycles. The lowest BCUT2D eigenvalue weighted by Crippen LogP contribution is -2.08. The molecule has 2 rings (SSSR count). The summed E-state index contributed by atoms with van der Waals surface area (Å²) in [6, 6.07) is 11.3. The van der Waals surface area contributed by atoms with Gasteiger partial charge >= 0.3 is 6.18 Å². The van der Waals surface area contributed by atoms with Gasteiger partial charge in [0.2, 0.25) is 0 Å². The molecule has 0 atom stereocenters. The van der Waals surface area contributed by atoms with E-state index in [1.54, 1.807) is 24.3 Å². The summed E-state index contributed by atoms with van der Waals surface area (Å²) in [6.45, 7) is 0. The van der Waals surface area contributed by atoms with Crippen molar-refractivity contribution in [2.75, 3.05) is 5.48 Å². The SMILES string of the molecule is FC(F)(F)c1cccc(NOc2ccccc2Cl)c1. The Morgan fingerprint density at radius 2 is 1.74 bits per heavy atom. The van der Waals surface area contributed by atoms with Crippen molar-refractivity contribution in [2.24, 2.45) is 0 Å². The third-order valence-electron chi connectivity index (χ3n) is 2.31. The van der Waals surface area contributed by atoms with E-state index in [2.05, 4.69) is 5.48 Å². The van der Waals surface area contributed by atoms with E-state index in [1.807, 2.05) is 0 Å². The summed E-state index contributed by atoms with van der Waals surface area (Å²) >= 11 is 5.85. The Morgan fingerprint density at radius 1 is 1.00 bits per heavy atom. The summed E-state index contributed by atoms with van der Waals surface area (Å²) in [7, 11) is 0. The van der Waals surface area contributed by atoms with Crippen LogP contribution in [0.3, 0.4) is 0 Å². The molecule has 100 valence electrons. The highest BCUT2D eigenvalue weighted by atomic mass is 35.5. The van der Waals surface area contributed by atoms with Crippen LogP contribution in [0.25, 0.3) is 0 Å². The van der Waals surface area contributed by atoms with Gasteiger partial charge in [-0.1, -0.05) is 29.8 Å². The second-order valence-electron chi connectivity index (χ2n) is 3.71. The zero-order chi connectivity index (χ0) is 13.9. The molecule has 0 unspecified atom stereocenters. The van der Waals surface area contributed by atoms with Crippen LogP contribution in [0, 0.1) is 0 Å². The number of anilines is 1. The van der Waals surface area contributed by atoms with Gasteiger partial charge in [-0.3, -0.25) is 0 Å². The van der Waals surface area contributed by atoms with Gasteiger partial charge in [0.25, 0.3) is 0 Å². The maximum absolute atomic E-state index is 12.5. The summed E-state index contributed by atoms with van der Waals surface area (Å²) in [5, 5.41) is 0.363. The lowest BCUT2D eigenvalue weighted by molar-refractivity contribution is -0.137. The standard InChI is InChI=1S/C13H9ClF3NO/c14-11-6-1-2-7-12(11)19-18-10-5-3-4-9(8-10)13(15,16)17/h1-8,18H. The van der Waals surface area contributed by atoms with Crippen LogP contribution in [0.1, 0.15) is 5.56 Å². The van der Waals surface area contributed by atoms with E-state index >= 15 is 0 Å². The van der Waals surface area contributed by atoms with Gasteiger partial charge in [-0.25, -0.2) is 5.48 Å². The quantitative estimate of drug-likeness (QED) is 0.822. The molecule has 0 bridgehead atoms. The Hall–Kier alpha value is -1.88. The fraction of sp³-hybridized carbons (Fsp3) is 0.0769. The largest absolute Gasteiger partial charge is 0.416 e. The molecule has 2 aromatic carbocycles. The molecule has 0 aromatic heterocycles. The smallest absolute Gasteiger partial charge is 0.381 e. The Morgan fingerprint density at radius 3 is 2.42 bits per heavy atom. The van der Waals surface area contributed by atoms with Gasteiger partial charge in [-0.2, -0.15) is 13.2 Å². The molecular weight excluding hydrogens is 279 g/mol. The molecule has 19 heavy (non-hydrogen) atoms. The van der Waals surface area contributed by atoms with Crippen LogP contribution in [0.5, 0.6) is 5.75 Å². The first kappa shape index (κ1) is 13.5. The number of alkyl halides is 3. The van der Waals surface area contributed by atoms with Crippen LogP contribution in [0.15, 0.2) is 48.5 Å². The van der Waals surface area contributed by atoms with Gasteiger partial charge in [0.15, 0.2) is 5.75 Å². The van der Waals surface area contributed by atoms with Crippen molar-refractivity contribution >= 4 is 17.3 Å². The van der Waals surface area contributed by atoms with Crippen molar-refractivity contribution in [2.45, 2.75) is 6.18 Å². The second kappa shape index (κ2) is 5.40. The van der Waals surface area contributed by atoms with Gasteiger partial charge in [-0.15, -0.1) is 0 Å². The molecule has 0 aliphatic carbocycles. The molecule has 2 nitrogen and oxygen atoms in total. The van der Waals surface area contributed by atoms with E-state index < -0.39 is 11.7 Å². The van der Waals surface area contributed by atoms with Crippen molar-refractivity contribution in [3.8, 4) is 5.75 Å². The summed E-state index contributed by atoms with van der Waals surface area (Å²) < 4.78 is 37.5. The Labute approximate surface area is 112 Å². The Balaban J connectivity index is 2.10. The zero-order valence-corrected chi connectivity index (χ0v) is 10.3. The summed E-state index contributed by atoms with van der Waals surface area (Å²) in [4.78, 5) is 5.14. The molecule has 0 fully saturated rings. The third kappa shape index (κ3) is 3.54. The Kier molecular flexibility index (Phi) is 3.85. The van der Waals surface area contributed by atoms with Crippen LogP contribution in [-0.4, -0.2) is 0 Å². The highest BCUT2D eigenvalue weighted by Gasteiger charge is 2.30. The van der Waals surface area contributed by atoms with Crippen LogP contribution < -0.4 is 10.3 Å². The molecule has 0 saturated heterocycles. The van der Waals surface area contributed by atoms with E-state index in [-0.39, 0.29) is 5.69 Å². The molecule has 1 N–H and O–H groups in total. The van der Waals surface area contributed by atoms with Crippen LogP contribution in [0.2, 0.25) is 5.02 Å². The van der Waals surface area contributed by atoms with E-state index in [9.17, 15) is 13.2 Å². The molecule has 0 radical (unpaired) electrons. The van der Waals surface area contributed by atoms with Gasteiger partial charge < -0.3 is 4.84 Å². The number of halogens is 4. The van der Waals surface area contributed by atoms with Crippen molar-refractivity contribution in [1.29, 1.82) is 0 Å². The van der Waals surface area contributed by atoms with Gasteiger partial charge in [0, 0.05) is 0 Å². The summed E-state index contributed by atoms with van der Waals surface area (Å²) in [5.74, 6) is 0.335. The normalized spacial score (nSPS) is 11.2. The van der Waals surface area contributed by atoms with E-state index in [0.717, 1.165) is 12.1 Å². The van der Waals surface area contributed by atoms with Gasteiger partial charge in [0.05, 0.1) is 16.3 Å². The number of benzene rings is 2. The molecule has 0 aliphatic rings. The zero-order valence-electron chi connectivity index (χ0n) is 9.54. The summed E-state index contributed by atoms with van der Waals surface area (Å²) in [5.41, 5.74) is 1.87. The number of hydrogen-bond acceptors (Lipinski definition) is 2. The Bertz CT molecular complexity index is 572. The minimum Gasteiger partial charge on any atom is -0.381 e. The highest BCUT2D eigenvalue weighted by molar-refractivity contribution is 6.32. The molecule has 0 spiro atoms. The van der Waals surface area contributed by atoms with Crippen LogP contribution in [0.4, 0.5) is 18.9 Å². The maximum Gasteiger partial charge on any atom is 0.416 e. The van der Waals surface area contributed by atoms with Crippen molar-refractivity contribution in [1.82, 2.24) is 0 Å². The third-order valence-corrected chi connectivity index (χ3v) is 2.62. The monoisotopic (exact) mass is 287 g/mol. The van der Waals surface area contributed by atoms with Crippen LogP contribution in [-0.2, 0) is 6.18 Å². The first-order valence-corrected chi connectivity index (χ1v) is 5.69. The molecule has 0 aliphatic heterocycles. The van der Waals surface area contributed by atoms with E-state index in [4.69, 9.17) is 16.4 Å². The average molecular weight is 288 g/mol. The molecule has 2 aromatic rings. The second-order valence-corrected chi connectivity index (χ2v) is 4.12. The number of rotatable bonds is 3. The van der Waals surface area contributed by atoms with Crippen molar-refractivity contribution in [3.63, 3.8) is 0 Å². The fourth-order valence-corrected chi connectivity index (χ4v) is 1.57. The maximum atomic E-state index is 12.5. The first-order chi connectivity index (χ1) is 8.97. The topological polar surface area (TPSA) is 21.3 Å². The highest BCUT2D eigenvalue weighted by Crippen LogP contribution is 2.31. The average Bonchev–Trinajstić information content (AvgIpc) is 2.37. The number of para-hydroxylation sites is 1. The summed E-state index contributed by atoms with van der Waals surface area (Å²) in [6.07, 6.45) is -4.39. The van der Waals surface area contributed by atoms with Crippen LogP contribution >= 0.6 is 11.6 Å². The number of hydrogen-bond donors (Lipinski definition) is 1. The first-order valence-electron chi connectivity index (χ1n) is 5.31. The van der Waals surface area contributed by atoms with E-state index in [0.29, 0.717) is 10.8 Å². The molecule has 0 heterocycles. The molecule has 0 amide bonds. The lowest BCUT2D eigenvalue weighted by Gasteiger charge is -2.11. The number of nitrogens with one attached hydrogen (secondary N) is 1. The van der Waals surface area contributed by atoms with E-state index in [1.165, 1.54) is 12.1 Å². The van der Waals surface area contributed by atoms with Crippen molar-refractivity contribution < 1.29 is 18.0 Å². The molecule has 6 heteroatoms. The lowest BCUT2D eigenvalue weighted by atomic mass is 10.2. The predicted molar refractivity (Wildman–Crippen MR) is 67.1 cm³/mol. The van der Waals surface area contributed by atoms with Crippen molar-refractivity contribution in [3.05, 3.63) is 59.1 Å². The van der Waals surface area contributed by atoms with Gasteiger partial charge in [-0.05, 0) is 30.3 Å². The minimum atomic E-state index is -4.39. The molecular formula is C13H9ClF3NO. The fourth-order valence-electron chi connectivity index (χ4n) is 1.40. The minimum absolute atomic E-state index is 0.190. The predicted octanol–water partition coefficient (Wildman–Crippen LogP) is 4.76.